The van der Waals surface area contributed by atoms with Crippen LogP contribution >= 0.6 is 15.9 Å². The normalized spacial score (nSPS) is 16.5. The monoisotopic (exact) mass is 297 g/mol. The van der Waals surface area contributed by atoms with Crippen LogP contribution in [0.25, 0.3) is 0 Å². The minimum atomic E-state index is -0.164. The molecule has 0 aliphatic heterocycles. The van der Waals surface area contributed by atoms with E-state index in [1.165, 1.54) is 19.3 Å². The molecule has 0 atom stereocenters. The molecule has 1 aliphatic rings. The molecule has 2 N–H and O–H groups in total. The third-order valence-electron chi connectivity index (χ3n) is 2.90. The molecule has 1 aliphatic carbocycles. The van der Waals surface area contributed by atoms with E-state index in [1.54, 1.807) is 12.3 Å². The molecule has 0 aromatic carbocycles. The molecule has 0 bridgehead atoms. The van der Waals surface area contributed by atoms with Gasteiger partial charge >= 0.3 is 6.03 Å². The zero-order chi connectivity index (χ0) is 12.1. The van der Waals surface area contributed by atoms with Gasteiger partial charge in [-0.2, -0.15) is 0 Å². The molecule has 92 valence electrons. The summed E-state index contributed by atoms with van der Waals surface area (Å²) in [6.07, 6.45) is 7.52. The molecule has 1 saturated carbocycles. The molecule has 0 saturated heterocycles. The van der Waals surface area contributed by atoms with Crippen LogP contribution in [0.1, 0.15) is 32.1 Å². The van der Waals surface area contributed by atoms with Crippen LogP contribution in [0.3, 0.4) is 0 Å². The van der Waals surface area contributed by atoms with Gasteiger partial charge in [0.2, 0.25) is 0 Å². The Labute approximate surface area is 109 Å². The van der Waals surface area contributed by atoms with Crippen molar-refractivity contribution in [1.82, 2.24) is 10.3 Å². The molecular weight excluding hydrogens is 282 g/mol. The highest BCUT2D eigenvalue weighted by molar-refractivity contribution is 9.10. The van der Waals surface area contributed by atoms with Crippen molar-refractivity contribution in [2.75, 3.05) is 5.32 Å². The molecule has 1 aromatic heterocycles. The predicted octanol–water partition coefficient (Wildman–Crippen LogP) is 3.30. The second-order valence-electron chi connectivity index (χ2n) is 4.29. The first-order chi connectivity index (χ1) is 8.24. The van der Waals surface area contributed by atoms with E-state index in [2.05, 4.69) is 31.5 Å². The molecule has 0 unspecified atom stereocenters. The van der Waals surface area contributed by atoms with E-state index in [-0.39, 0.29) is 6.03 Å². The van der Waals surface area contributed by atoms with Gasteiger partial charge in [0.1, 0.15) is 5.82 Å². The summed E-state index contributed by atoms with van der Waals surface area (Å²) in [5.41, 5.74) is 0. The standard InChI is InChI=1S/C12H16BrN3O/c13-9-6-7-14-11(8-9)16-12(17)15-10-4-2-1-3-5-10/h6-8,10H,1-5H2,(H2,14,15,16,17). The topological polar surface area (TPSA) is 54.0 Å². The van der Waals surface area contributed by atoms with Crippen molar-refractivity contribution in [2.24, 2.45) is 0 Å². The maximum Gasteiger partial charge on any atom is 0.320 e. The van der Waals surface area contributed by atoms with E-state index in [4.69, 9.17) is 0 Å². The summed E-state index contributed by atoms with van der Waals surface area (Å²) in [6.45, 7) is 0. The van der Waals surface area contributed by atoms with Crippen molar-refractivity contribution in [3.05, 3.63) is 22.8 Å². The maximum atomic E-state index is 11.7. The minimum Gasteiger partial charge on any atom is -0.335 e. The first-order valence-electron chi connectivity index (χ1n) is 5.93. The number of carbonyl (C=O) groups is 1. The van der Waals surface area contributed by atoms with Gasteiger partial charge in [0.15, 0.2) is 0 Å². The van der Waals surface area contributed by atoms with Crippen molar-refractivity contribution in [3.63, 3.8) is 0 Å². The van der Waals surface area contributed by atoms with Crippen molar-refractivity contribution >= 4 is 27.8 Å². The molecule has 1 heterocycles. The highest BCUT2D eigenvalue weighted by Crippen LogP contribution is 2.17. The number of anilines is 1. The molecule has 1 aromatic rings. The number of hydrogen-bond acceptors (Lipinski definition) is 2. The lowest BCUT2D eigenvalue weighted by atomic mass is 9.96. The molecule has 17 heavy (non-hydrogen) atoms. The molecule has 5 heteroatoms. The van der Waals surface area contributed by atoms with E-state index in [0.717, 1.165) is 17.3 Å². The van der Waals surface area contributed by atoms with Crippen LogP contribution in [0.15, 0.2) is 22.8 Å². The zero-order valence-electron chi connectivity index (χ0n) is 9.58. The number of hydrogen-bond donors (Lipinski definition) is 2. The van der Waals surface area contributed by atoms with Gasteiger partial charge in [0, 0.05) is 16.7 Å². The maximum absolute atomic E-state index is 11.7. The first-order valence-corrected chi connectivity index (χ1v) is 6.72. The van der Waals surface area contributed by atoms with Gasteiger partial charge in [-0.3, -0.25) is 5.32 Å². The van der Waals surface area contributed by atoms with Gasteiger partial charge in [0.25, 0.3) is 0 Å². The zero-order valence-corrected chi connectivity index (χ0v) is 11.2. The van der Waals surface area contributed by atoms with Crippen LogP contribution in [-0.4, -0.2) is 17.1 Å². The Morgan fingerprint density at radius 3 is 2.82 bits per heavy atom. The van der Waals surface area contributed by atoms with Crippen LogP contribution in [-0.2, 0) is 0 Å². The molecule has 2 amide bonds. The summed E-state index contributed by atoms with van der Waals surface area (Å²) in [7, 11) is 0. The summed E-state index contributed by atoms with van der Waals surface area (Å²) in [6, 6.07) is 3.75. The van der Waals surface area contributed by atoms with Gasteiger partial charge < -0.3 is 5.32 Å². The molecule has 0 spiro atoms. The SMILES string of the molecule is O=C(Nc1cc(Br)ccn1)NC1CCCCC1. The van der Waals surface area contributed by atoms with Crippen LogP contribution in [0.4, 0.5) is 10.6 Å². The number of urea groups is 1. The molecule has 0 radical (unpaired) electrons. The number of rotatable bonds is 2. The average molecular weight is 298 g/mol. The van der Waals surface area contributed by atoms with Crippen molar-refractivity contribution in [2.45, 2.75) is 38.1 Å². The number of carbonyl (C=O) groups excluding carboxylic acids is 1. The van der Waals surface area contributed by atoms with E-state index in [0.29, 0.717) is 11.9 Å². The summed E-state index contributed by atoms with van der Waals surface area (Å²) < 4.78 is 0.903. The third kappa shape index (κ3) is 4.00. The van der Waals surface area contributed by atoms with Crippen LogP contribution in [0.2, 0.25) is 0 Å². The third-order valence-corrected chi connectivity index (χ3v) is 3.40. The summed E-state index contributed by atoms with van der Waals surface area (Å²) in [5, 5.41) is 5.72. The molecule has 4 nitrogen and oxygen atoms in total. The van der Waals surface area contributed by atoms with Crippen molar-refractivity contribution < 1.29 is 4.79 Å². The number of nitrogens with zero attached hydrogens (tertiary/aromatic N) is 1. The summed E-state index contributed by atoms with van der Waals surface area (Å²) >= 11 is 3.34. The molecular formula is C12H16BrN3O. The second kappa shape index (κ2) is 6.00. The Bertz CT molecular complexity index is 391. The van der Waals surface area contributed by atoms with Crippen LogP contribution < -0.4 is 10.6 Å². The lowest BCUT2D eigenvalue weighted by Gasteiger charge is -2.22. The van der Waals surface area contributed by atoms with Gasteiger partial charge in [-0.1, -0.05) is 35.2 Å². The van der Waals surface area contributed by atoms with E-state index in [1.807, 2.05) is 6.07 Å². The molecule has 2 rings (SSSR count). The number of amides is 2. The lowest BCUT2D eigenvalue weighted by Crippen LogP contribution is -2.39. The number of aromatic nitrogens is 1. The molecule has 1 fully saturated rings. The number of halogens is 1. The Hall–Kier alpha value is -1.10. The fourth-order valence-corrected chi connectivity index (χ4v) is 2.39. The largest absolute Gasteiger partial charge is 0.335 e. The second-order valence-corrected chi connectivity index (χ2v) is 5.21. The highest BCUT2D eigenvalue weighted by atomic mass is 79.9. The number of nitrogens with one attached hydrogen (secondary N) is 2. The van der Waals surface area contributed by atoms with Crippen LogP contribution in [0.5, 0.6) is 0 Å². The summed E-state index contributed by atoms with van der Waals surface area (Å²) in [5.74, 6) is 0.563. The van der Waals surface area contributed by atoms with Gasteiger partial charge in [-0.25, -0.2) is 9.78 Å². The Balaban J connectivity index is 1.84. The average Bonchev–Trinajstić information content (AvgIpc) is 2.30. The van der Waals surface area contributed by atoms with Gasteiger partial charge in [-0.15, -0.1) is 0 Å². The Morgan fingerprint density at radius 2 is 2.12 bits per heavy atom. The van der Waals surface area contributed by atoms with Gasteiger partial charge in [0.05, 0.1) is 0 Å². The number of pyridine rings is 1. The Morgan fingerprint density at radius 1 is 1.35 bits per heavy atom. The minimum absolute atomic E-state index is 0.164. The summed E-state index contributed by atoms with van der Waals surface area (Å²) in [4.78, 5) is 15.8. The van der Waals surface area contributed by atoms with E-state index in [9.17, 15) is 4.79 Å². The highest BCUT2D eigenvalue weighted by Gasteiger charge is 2.15. The fourth-order valence-electron chi connectivity index (χ4n) is 2.06. The van der Waals surface area contributed by atoms with Gasteiger partial charge in [-0.05, 0) is 25.0 Å². The van der Waals surface area contributed by atoms with E-state index >= 15 is 0 Å². The predicted molar refractivity (Wildman–Crippen MR) is 71.0 cm³/mol. The first kappa shape index (κ1) is 12.4. The smallest absolute Gasteiger partial charge is 0.320 e. The quantitative estimate of drug-likeness (QED) is 0.880. The van der Waals surface area contributed by atoms with Crippen LogP contribution in [0, 0.1) is 0 Å². The van der Waals surface area contributed by atoms with Crippen molar-refractivity contribution in [1.29, 1.82) is 0 Å². The van der Waals surface area contributed by atoms with E-state index < -0.39 is 0 Å². The Kier molecular flexibility index (Phi) is 4.36. The fraction of sp³-hybridized carbons (Fsp3) is 0.500. The van der Waals surface area contributed by atoms with Crippen molar-refractivity contribution in [3.8, 4) is 0 Å². The lowest BCUT2D eigenvalue weighted by molar-refractivity contribution is 0.244.